The van der Waals surface area contributed by atoms with E-state index in [0.717, 1.165) is 27.6 Å². The molecule has 0 atom stereocenters. The number of halogens is 1. The highest BCUT2D eigenvalue weighted by molar-refractivity contribution is 7.80. The molecular formula is C16H17ClN2OS. The van der Waals surface area contributed by atoms with Gasteiger partial charge in [0.2, 0.25) is 0 Å². The van der Waals surface area contributed by atoms with Gasteiger partial charge >= 0.3 is 0 Å². The smallest absolute Gasteiger partial charge is 0.120 e. The van der Waals surface area contributed by atoms with E-state index in [-0.39, 0.29) is 0 Å². The molecule has 2 N–H and O–H groups in total. The summed E-state index contributed by atoms with van der Waals surface area (Å²) in [6, 6.07) is 13.4. The Morgan fingerprint density at radius 1 is 1.29 bits per heavy atom. The highest BCUT2D eigenvalue weighted by Crippen LogP contribution is 2.27. The second-order valence-electron chi connectivity index (χ2n) is 4.69. The third-order valence-electron chi connectivity index (χ3n) is 3.25. The van der Waals surface area contributed by atoms with Gasteiger partial charge in [-0.15, -0.1) is 0 Å². The third kappa shape index (κ3) is 3.65. The van der Waals surface area contributed by atoms with Gasteiger partial charge in [-0.3, -0.25) is 0 Å². The van der Waals surface area contributed by atoms with Crippen LogP contribution in [0.5, 0.6) is 5.75 Å². The first-order valence-electron chi connectivity index (χ1n) is 6.45. The van der Waals surface area contributed by atoms with Crippen LogP contribution in [0.1, 0.15) is 11.1 Å². The van der Waals surface area contributed by atoms with Gasteiger partial charge in [0.15, 0.2) is 0 Å². The monoisotopic (exact) mass is 320 g/mol. The van der Waals surface area contributed by atoms with E-state index in [2.05, 4.69) is 4.90 Å². The zero-order valence-corrected chi connectivity index (χ0v) is 13.5. The topological polar surface area (TPSA) is 38.5 Å². The van der Waals surface area contributed by atoms with Crippen molar-refractivity contribution in [2.45, 2.75) is 6.54 Å². The minimum atomic E-state index is 0.360. The summed E-state index contributed by atoms with van der Waals surface area (Å²) in [5.74, 6) is 0.760. The summed E-state index contributed by atoms with van der Waals surface area (Å²) in [5, 5.41) is 0.740. The summed E-state index contributed by atoms with van der Waals surface area (Å²) in [5.41, 5.74) is 8.58. The number of nitrogens with two attached hydrogens (primary N) is 1. The number of hydrogen-bond donors (Lipinski definition) is 1. The lowest BCUT2D eigenvalue weighted by atomic mass is 10.1. The number of nitrogens with zero attached hydrogens (tertiary/aromatic N) is 1. The second kappa shape index (κ2) is 6.78. The average molecular weight is 321 g/mol. The largest absolute Gasteiger partial charge is 0.497 e. The van der Waals surface area contributed by atoms with E-state index in [1.165, 1.54) is 0 Å². The van der Waals surface area contributed by atoms with E-state index < -0.39 is 0 Å². The van der Waals surface area contributed by atoms with Crippen LogP contribution in [0.25, 0.3) is 0 Å². The van der Waals surface area contributed by atoms with Crippen LogP contribution >= 0.6 is 23.8 Å². The first-order valence-corrected chi connectivity index (χ1v) is 7.24. The fraction of sp³-hybridized carbons (Fsp3) is 0.188. The summed E-state index contributed by atoms with van der Waals surface area (Å²) >= 11 is 11.3. The van der Waals surface area contributed by atoms with Crippen LogP contribution < -0.4 is 15.4 Å². The summed E-state index contributed by atoms with van der Waals surface area (Å²) in [7, 11) is 3.60. The molecule has 0 heterocycles. The van der Waals surface area contributed by atoms with E-state index in [1.54, 1.807) is 7.11 Å². The SMILES string of the molecule is COc1ccc(C(N)=S)c(N(C)Cc2ccccc2Cl)c1. The summed E-state index contributed by atoms with van der Waals surface area (Å²) < 4.78 is 5.28. The van der Waals surface area contributed by atoms with Gasteiger partial charge < -0.3 is 15.4 Å². The number of ether oxygens (including phenoxy) is 1. The van der Waals surface area contributed by atoms with Crippen LogP contribution in [-0.2, 0) is 6.54 Å². The molecule has 0 saturated heterocycles. The molecule has 3 nitrogen and oxygen atoms in total. The predicted octanol–water partition coefficient (Wildman–Crippen LogP) is 3.62. The zero-order valence-electron chi connectivity index (χ0n) is 12.0. The second-order valence-corrected chi connectivity index (χ2v) is 5.54. The molecule has 2 aromatic carbocycles. The molecule has 0 radical (unpaired) electrons. The zero-order chi connectivity index (χ0) is 15.4. The fourth-order valence-corrected chi connectivity index (χ4v) is 2.50. The van der Waals surface area contributed by atoms with Crippen molar-refractivity contribution in [3.05, 3.63) is 58.6 Å². The van der Waals surface area contributed by atoms with Crippen molar-refractivity contribution in [2.24, 2.45) is 5.73 Å². The minimum Gasteiger partial charge on any atom is -0.497 e. The normalized spacial score (nSPS) is 10.2. The van der Waals surface area contributed by atoms with Crippen LogP contribution in [0.2, 0.25) is 5.02 Å². The van der Waals surface area contributed by atoms with Crippen LogP contribution in [-0.4, -0.2) is 19.1 Å². The van der Waals surface area contributed by atoms with Crippen molar-refractivity contribution in [1.82, 2.24) is 0 Å². The molecule has 2 aromatic rings. The van der Waals surface area contributed by atoms with Crippen LogP contribution in [0.4, 0.5) is 5.69 Å². The van der Waals surface area contributed by atoms with Crippen molar-refractivity contribution in [2.75, 3.05) is 19.1 Å². The Balaban J connectivity index is 2.35. The van der Waals surface area contributed by atoms with Gasteiger partial charge in [-0.25, -0.2) is 0 Å². The third-order valence-corrected chi connectivity index (χ3v) is 3.84. The molecule has 0 saturated carbocycles. The summed E-state index contributed by atoms with van der Waals surface area (Å²) in [6.45, 7) is 0.655. The van der Waals surface area contributed by atoms with Crippen molar-refractivity contribution >= 4 is 34.5 Å². The number of rotatable bonds is 5. The Morgan fingerprint density at radius 2 is 2.00 bits per heavy atom. The molecule has 5 heteroatoms. The van der Waals surface area contributed by atoms with E-state index >= 15 is 0 Å². The first-order chi connectivity index (χ1) is 10.0. The number of thiocarbonyl (C=S) groups is 1. The lowest BCUT2D eigenvalue weighted by molar-refractivity contribution is 0.415. The number of benzene rings is 2. The van der Waals surface area contributed by atoms with Gasteiger partial charge in [-0.1, -0.05) is 42.0 Å². The molecule has 0 unspecified atom stereocenters. The Bertz CT molecular complexity index is 660. The molecule has 0 spiro atoms. The number of anilines is 1. The fourth-order valence-electron chi connectivity index (χ4n) is 2.13. The standard InChI is InChI=1S/C16H17ClN2OS/c1-19(10-11-5-3-4-6-14(11)17)15-9-12(20-2)7-8-13(15)16(18)21/h3-9H,10H2,1-2H3,(H2,18,21). The van der Waals surface area contributed by atoms with Crippen molar-refractivity contribution in [3.63, 3.8) is 0 Å². The molecular weight excluding hydrogens is 304 g/mol. The maximum Gasteiger partial charge on any atom is 0.120 e. The maximum atomic E-state index is 6.21. The average Bonchev–Trinajstić information content (AvgIpc) is 2.48. The Morgan fingerprint density at radius 3 is 2.62 bits per heavy atom. The summed E-state index contributed by atoms with van der Waals surface area (Å²) in [4.78, 5) is 2.41. The Hall–Kier alpha value is -1.78. The Kier molecular flexibility index (Phi) is 5.04. The quantitative estimate of drug-likeness (QED) is 0.854. The first kappa shape index (κ1) is 15.6. The van der Waals surface area contributed by atoms with E-state index in [0.29, 0.717) is 11.5 Å². The predicted molar refractivity (Wildman–Crippen MR) is 92.4 cm³/mol. The molecule has 0 bridgehead atoms. The van der Waals surface area contributed by atoms with Crippen molar-refractivity contribution in [3.8, 4) is 5.75 Å². The van der Waals surface area contributed by atoms with Gasteiger partial charge in [-0.05, 0) is 23.8 Å². The molecule has 0 aliphatic heterocycles. The lowest BCUT2D eigenvalue weighted by Gasteiger charge is -2.23. The van der Waals surface area contributed by atoms with Gasteiger partial charge in [0.25, 0.3) is 0 Å². The molecule has 2 rings (SSSR count). The highest BCUT2D eigenvalue weighted by atomic mass is 35.5. The lowest BCUT2D eigenvalue weighted by Crippen LogP contribution is -2.21. The van der Waals surface area contributed by atoms with Crippen LogP contribution in [0.3, 0.4) is 0 Å². The van der Waals surface area contributed by atoms with Gasteiger partial charge in [0.05, 0.1) is 12.8 Å². The molecule has 21 heavy (non-hydrogen) atoms. The van der Waals surface area contributed by atoms with Crippen LogP contribution in [0, 0.1) is 0 Å². The molecule has 110 valence electrons. The van der Waals surface area contributed by atoms with Crippen molar-refractivity contribution < 1.29 is 4.74 Å². The van der Waals surface area contributed by atoms with Gasteiger partial charge in [0.1, 0.15) is 10.7 Å². The molecule has 0 aromatic heterocycles. The van der Waals surface area contributed by atoms with Crippen molar-refractivity contribution in [1.29, 1.82) is 0 Å². The Labute approximate surface area is 135 Å². The van der Waals surface area contributed by atoms with Gasteiger partial charge in [-0.2, -0.15) is 0 Å². The van der Waals surface area contributed by atoms with E-state index in [9.17, 15) is 0 Å². The maximum absolute atomic E-state index is 6.21. The molecule has 0 aliphatic rings. The molecule has 0 fully saturated rings. The molecule has 0 amide bonds. The minimum absolute atomic E-state index is 0.360. The van der Waals surface area contributed by atoms with Gasteiger partial charge in [0, 0.05) is 30.2 Å². The van der Waals surface area contributed by atoms with Crippen LogP contribution in [0.15, 0.2) is 42.5 Å². The highest BCUT2D eigenvalue weighted by Gasteiger charge is 2.12. The molecule has 0 aliphatic carbocycles. The number of methoxy groups -OCH3 is 1. The van der Waals surface area contributed by atoms with E-state index in [1.807, 2.05) is 49.5 Å². The van der Waals surface area contributed by atoms with E-state index in [4.69, 9.17) is 34.3 Å². The number of hydrogen-bond acceptors (Lipinski definition) is 3. The summed E-state index contributed by atoms with van der Waals surface area (Å²) in [6.07, 6.45) is 0.